The zero-order chi connectivity index (χ0) is 18.3. The van der Waals surface area contributed by atoms with E-state index in [9.17, 15) is 0 Å². The Morgan fingerprint density at radius 3 is 1.46 bits per heavy atom. The third-order valence-electron chi connectivity index (χ3n) is 4.03. The fraction of sp³-hybridized carbons (Fsp3) is 0. The van der Waals surface area contributed by atoms with E-state index < -0.39 is 0 Å². The summed E-state index contributed by atoms with van der Waals surface area (Å²) >= 11 is 24.9. The molecule has 0 atom stereocenters. The van der Waals surface area contributed by atoms with Crippen molar-refractivity contribution in [2.75, 3.05) is 0 Å². The maximum Gasteiger partial charge on any atom is 0.0790 e. The largest absolute Gasteiger partial charge is 0.254 e. The molecule has 0 saturated heterocycles. The molecule has 6 heteroatoms. The van der Waals surface area contributed by atoms with Gasteiger partial charge in [0.15, 0.2) is 0 Å². The maximum absolute atomic E-state index is 6.40. The van der Waals surface area contributed by atoms with Crippen molar-refractivity contribution in [1.29, 1.82) is 0 Å². The lowest BCUT2D eigenvalue weighted by molar-refractivity contribution is 1.40. The highest BCUT2D eigenvalue weighted by atomic mass is 35.5. The number of nitrogens with zero attached hydrogens (tertiary/aromatic N) is 2. The SMILES string of the molecule is Clc1cnc2c(C=Cc3c(Cl)ccc4cc(Cl)cnc34)c(Cl)ccc2c1. The Balaban J connectivity index is 1.90. The molecule has 2 aromatic carbocycles. The lowest BCUT2D eigenvalue weighted by atomic mass is 10.1. The first kappa shape index (κ1) is 17.6. The Labute approximate surface area is 170 Å². The minimum absolute atomic E-state index is 0.577. The van der Waals surface area contributed by atoms with E-state index in [0.29, 0.717) is 20.1 Å². The minimum Gasteiger partial charge on any atom is -0.254 e. The average Bonchev–Trinajstić information content (AvgIpc) is 2.62. The molecule has 0 saturated carbocycles. The summed E-state index contributed by atoms with van der Waals surface area (Å²) in [5.74, 6) is 0. The predicted octanol–water partition coefficient (Wildman–Crippen LogP) is 7.57. The van der Waals surface area contributed by atoms with Crippen LogP contribution in [0.4, 0.5) is 0 Å². The second kappa shape index (κ2) is 7.05. The molecule has 0 radical (unpaired) electrons. The lowest BCUT2D eigenvalue weighted by Crippen LogP contribution is -1.87. The first-order valence-electron chi connectivity index (χ1n) is 7.68. The number of rotatable bonds is 2. The molecule has 0 fully saturated rings. The number of hydrogen-bond donors (Lipinski definition) is 0. The molecule has 128 valence electrons. The van der Waals surface area contributed by atoms with Gasteiger partial charge in [-0.25, -0.2) is 0 Å². The number of hydrogen-bond acceptors (Lipinski definition) is 2. The van der Waals surface area contributed by atoms with Crippen LogP contribution in [0.15, 0.2) is 48.8 Å². The van der Waals surface area contributed by atoms with Crippen LogP contribution in [0.3, 0.4) is 0 Å². The summed E-state index contributed by atoms with van der Waals surface area (Å²) in [7, 11) is 0. The van der Waals surface area contributed by atoms with Gasteiger partial charge in [0.1, 0.15) is 0 Å². The topological polar surface area (TPSA) is 25.8 Å². The summed E-state index contributed by atoms with van der Waals surface area (Å²) in [6.07, 6.45) is 6.99. The smallest absolute Gasteiger partial charge is 0.0790 e. The summed E-state index contributed by atoms with van der Waals surface area (Å²) in [6, 6.07) is 11.1. The van der Waals surface area contributed by atoms with Crippen molar-refractivity contribution in [3.05, 3.63) is 80.0 Å². The van der Waals surface area contributed by atoms with Crippen molar-refractivity contribution >= 4 is 80.4 Å². The van der Waals surface area contributed by atoms with Gasteiger partial charge in [-0.1, -0.05) is 70.7 Å². The summed E-state index contributed by atoms with van der Waals surface area (Å²) in [6.45, 7) is 0. The third-order valence-corrected chi connectivity index (χ3v) is 5.10. The lowest BCUT2D eigenvalue weighted by Gasteiger charge is -2.07. The molecule has 0 spiro atoms. The van der Waals surface area contributed by atoms with Gasteiger partial charge in [-0.2, -0.15) is 0 Å². The van der Waals surface area contributed by atoms with E-state index in [1.165, 1.54) is 0 Å². The van der Waals surface area contributed by atoms with Gasteiger partial charge in [0.25, 0.3) is 0 Å². The van der Waals surface area contributed by atoms with Gasteiger partial charge in [-0.15, -0.1) is 0 Å². The van der Waals surface area contributed by atoms with Crippen molar-refractivity contribution < 1.29 is 0 Å². The van der Waals surface area contributed by atoms with E-state index in [4.69, 9.17) is 46.4 Å². The number of aromatic nitrogens is 2. The molecule has 2 aromatic heterocycles. The fourth-order valence-corrected chi connectivity index (χ4v) is 3.59. The van der Waals surface area contributed by atoms with Crippen LogP contribution >= 0.6 is 46.4 Å². The van der Waals surface area contributed by atoms with Gasteiger partial charge >= 0.3 is 0 Å². The van der Waals surface area contributed by atoms with Crippen molar-refractivity contribution in [1.82, 2.24) is 9.97 Å². The summed E-state index contributed by atoms with van der Waals surface area (Å²) in [5.41, 5.74) is 3.13. The van der Waals surface area contributed by atoms with Gasteiger partial charge in [0.2, 0.25) is 0 Å². The normalized spacial score (nSPS) is 11.7. The van der Waals surface area contributed by atoms with E-state index >= 15 is 0 Å². The van der Waals surface area contributed by atoms with Crippen LogP contribution in [0.1, 0.15) is 11.1 Å². The summed E-state index contributed by atoms with van der Waals surface area (Å²) in [5, 5.41) is 4.17. The fourth-order valence-electron chi connectivity index (χ4n) is 2.83. The van der Waals surface area contributed by atoms with Crippen molar-refractivity contribution in [2.45, 2.75) is 0 Å². The second-order valence-electron chi connectivity index (χ2n) is 5.71. The molecule has 0 unspecified atom stereocenters. The van der Waals surface area contributed by atoms with Crippen LogP contribution in [0.2, 0.25) is 20.1 Å². The Kier molecular flexibility index (Phi) is 4.76. The van der Waals surface area contributed by atoms with E-state index in [1.54, 1.807) is 12.4 Å². The molecule has 4 rings (SSSR count). The highest BCUT2D eigenvalue weighted by Gasteiger charge is 2.09. The molecule has 26 heavy (non-hydrogen) atoms. The highest BCUT2D eigenvalue weighted by molar-refractivity contribution is 6.35. The monoisotopic (exact) mass is 418 g/mol. The maximum atomic E-state index is 6.40. The van der Waals surface area contributed by atoms with E-state index in [2.05, 4.69) is 9.97 Å². The number of benzene rings is 2. The van der Waals surface area contributed by atoms with Crippen LogP contribution < -0.4 is 0 Å². The Morgan fingerprint density at radius 2 is 1.04 bits per heavy atom. The number of halogens is 4. The number of pyridine rings is 2. The highest BCUT2D eigenvalue weighted by Crippen LogP contribution is 2.31. The third kappa shape index (κ3) is 3.26. The molecular formula is C20H10Cl4N2. The first-order chi connectivity index (χ1) is 12.5. The Hall–Kier alpha value is -1.84. The Bertz CT molecular complexity index is 1090. The van der Waals surface area contributed by atoms with Crippen molar-refractivity contribution in [3.8, 4) is 0 Å². The zero-order valence-corrected chi connectivity index (χ0v) is 16.2. The second-order valence-corrected chi connectivity index (χ2v) is 7.39. The van der Waals surface area contributed by atoms with Crippen LogP contribution in [0, 0.1) is 0 Å². The van der Waals surface area contributed by atoms with Crippen molar-refractivity contribution in [3.63, 3.8) is 0 Å². The molecule has 2 nitrogen and oxygen atoms in total. The van der Waals surface area contributed by atoms with Gasteiger partial charge < -0.3 is 0 Å². The molecule has 0 aliphatic rings. The molecule has 0 N–H and O–H groups in total. The van der Waals surface area contributed by atoms with E-state index in [1.807, 2.05) is 48.6 Å². The molecule has 0 aliphatic heterocycles. The molecule has 0 aliphatic carbocycles. The van der Waals surface area contributed by atoms with Gasteiger partial charge in [0, 0.05) is 34.3 Å². The van der Waals surface area contributed by atoms with E-state index in [0.717, 1.165) is 32.9 Å². The molecule has 0 amide bonds. The molecule has 4 aromatic rings. The summed E-state index contributed by atoms with van der Waals surface area (Å²) < 4.78 is 0. The van der Waals surface area contributed by atoms with Gasteiger partial charge in [-0.3, -0.25) is 9.97 Å². The zero-order valence-electron chi connectivity index (χ0n) is 13.2. The van der Waals surface area contributed by atoms with Crippen LogP contribution in [-0.4, -0.2) is 9.97 Å². The van der Waals surface area contributed by atoms with Crippen LogP contribution in [-0.2, 0) is 0 Å². The number of fused-ring (bicyclic) bond motifs is 2. The van der Waals surface area contributed by atoms with Crippen LogP contribution in [0.25, 0.3) is 34.0 Å². The minimum atomic E-state index is 0.577. The molecular weight excluding hydrogens is 410 g/mol. The first-order valence-corrected chi connectivity index (χ1v) is 9.20. The average molecular weight is 420 g/mol. The van der Waals surface area contributed by atoms with Gasteiger partial charge in [0.05, 0.1) is 31.1 Å². The van der Waals surface area contributed by atoms with Gasteiger partial charge in [-0.05, 0) is 24.3 Å². The predicted molar refractivity (Wildman–Crippen MR) is 112 cm³/mol. The van der Waals surface area contributed by atoms with E-state index in [-0.39, 0.29) is 0 Å². The Morgan fingerprint density at radius 1 is 0.615 bits per heavy atom. The van der Waals surface area contributed by atoms with Crippen LogP contribution in [0.5, 0.6) is 0 Å². The summed E-state index contributed by atoms with van der Waals surface area (Å²) in [4.78, 5) is 8.83. The molecule has 0 bridgehead atoms. The van der Waals surface area contributed by atoms with Crippen molar-refractivity contribution in [2.24, 2.45) is 0 Å². The molecule has 2 heterocycles. The quantitative estimate of drug-likeness (QED) is 0.313. The standard InChI is InChI=1S/C20H10Cl4N2/c21-13-7-11-1-5-17(23)15(19(11)25-9-13)3-4-16-18(24)6-2-12-8-14(22)10-26-20(12)16/h1-10H.